The Bertz CT molecular complexity index is 2840. The highest BCUT2D eigenvalue weighted by atomic mass is 16.4. The fraction of sp³-hybridized carbons (Fsp3) is 0.509. The number of aliphatic carboxylic acids is 2. The van der Waals surface area contributed by atoms with Crippen LogP contribution in [0, 0.1) is 5.92 Å². The number of carbonyl (C=O) groups excluding carboxylic acids is 8. The number of nitrogens with zero attached hydrogens (tertiary/aromatic N) is 3. The third-order valence-electron chi connectivity index (χ3n) is 13.4. The number of para-hydroxylation sites is 1. The van der Waals surface area contributed by atoms with Gasteiger partial charge in [0.25, 0.3) is 0 Å². The Morgan fingerprint density at radius 1 is 0.643 bits per heavy atom. The number of amides is 8. The van der Waals surface area contributed by atoms with Crippen LogP contribution in [0.3, 0.4) is 0 Å². The van der Waals surface area contributed by atoms with E-state index in [4.69, 9.17) is 28.7 Å². The Hall–Kier alpha value is -9.10. The summed E-state index contributed by atoms with van der Waals surface area (Å²) in [5.41, 5.74) is 29.1. The lowest BCUT2D eigenvalue weighted by atomic mass is 10.0. The summed E-state index contributed by atoms with van der Waals surface area (Å²) in [6.45, 7) is 1.89. The SMILES string of the molecule is CC(C)C[C@H](N)C(=O)N1CCC[C@H]1C(=O)N[C@@H](CO)C(=O)N[C@@H](CO)C(=O)N[C@@H](Cc1c[nH]c2ccccc12)C(=O)N[C@@H](CC(=O)O)C(=O)N[C@@H](Cc1ccc(O)cc1)C(=O)N[C@@H](CCCN=C(N)N)C(=O)N[C@@H](CCCN=C(N)N)C(=O)O. The molecule has 2 aromatic carbocycles. The molecule has 1 fully saturated rings. The Balaban J connectivity index is 1.61. The van der Waals surface area contributed by atoms with E-state index in [1.807, 2.05) is 13.8 Å². The quantitative estimate of drug-likeness (QED) is 0.0151. The molecule has 0 unspecified atom stereocenters. The number of carboxylic acids is 2. The summed E-state index contributed by atoms with van der Waals surface area (Å²) in [7, 11) is 0. The van der Waals surface area contributed by atoms with Crippen molar-refractivity contribution in [2.45, 2.75) is 132 Å². The normalized spacial score (nSPS) is 15.8. The summed E-state index contributed by atoms with van der Waals surface area (Å²) >= 11 is 0. The number of rotatable bonds is 34. The van der Waals surface area contributed by atoms with Gasteiger partial charge in [-0.2, -0.15) is 0 Å². The van der Waals surface area contributed by atoms with Crippen molar-refractivity contribution in [3.05, 3.63) is 65.9 Å². The van der Waals surface area contributed by atoms with Crippen LogP contribution in [0.25, 0.3) is 10.9 Å². The van der Waals surface area contributed by atoms with Gasteiger partial charge in [-0.3, -0.25) is 53.1 Å². The van der Waals surface area contributed by atoms with Gasteiger partial charge in [-0.25, -0.2) is 4.79 Å². The number of hydrogen-bond donors (Lipinski definition) is 18. The largest absolute Gasteiger partial charge is 0.508 e. The molecule has 8 amide bonds. The molecule has 3 aromatic rings. The first-order valence-corrected chi connectivity index (χ1v) is 27.1. The molecule has 1 saturated heterocycles. The second kappa shape index (κ2) is 33.1. The minimum Gasteiger partial charge on any atom is -0.508 e. The van der Waals surface area contributed by atoms with E-state index in [1.54, 1.807) is 24.3 Å². The highest BCUT2D eigenvalue weighted by Crippen LogP contribution is 2.22. The minimum absolute atomic E-state index is 0.0316. The number of carbonyl (C=O) groups is 10. The van der Waals surface area contributed by atoms with Crippen LogP contribution < -0.4 is 65.9 Å². The number of benzene rings is 2. The molecule has 0 aliphatic carbocycles. The van der Waals surface area contributed by atoms with Crippen LogP contribution in [-0.4, -0.2) is 194 Å². The zero-order valence-electron chi connectivity index (χ0n) is 46.6. The Labute approximate surface area is 482 Å². The van der Waals surface area contributed by atoms with Gasteiger partial charge in [-0.1, -0.05) is 44.2 Å². The highest BCUT2D eigenvalue weighted by Gasteiger charge is 2.39. The lowest BCUT2D eigenvalue weighted by Crippen LogP contribution is -2.61. The van der Waals surface area contributed by atoms with E-state index in [9.17, 15) is 73.5 Å². The van der Waals surface area contributed by atoms with Crippen molar-refractivity contribution < 1.29 is 73.5 Å². The molecule has 0 radical (unpaired) electrons. The fourth-order valence-electron chi connectivity index (χ4n) is 9.14. The van der Waals surface area contributed by atoms with Crippen molar-refractivity contribution in [1.29, 1.82) is 0 Å². The molecule has 9 atom stereocenters. The van der Waals surface area contributed by atoms with E-state index < -0.39 is 133 Å². The summed E-state index contributed by atoms with van der Waals surface area (Å²) in [6, 6.07) is -1.72. The maximum absolute atomic E-state index is 14.5. The number of H-pyrrole nitrogens is 1. The number of aliphatic hydroxyl groups excluding tert-OH is 2. The molecule has 1 aromatic heterocycles. The number of carboxylic acid groups (broad SMARTS) is 2. The fourth-order valence-corrected chi connectivity index (χ4v) is 9.14. The smallest absolute Gasteiger partial charge is 0.326 e. The van der Waals surface area contributed by atoms with Gasteiger partial charge in [0.2, 0.25) is 47.3 Å². The zero-order chi connectivity index (χ0) is 62.2. The van der Waals surface area contributed by atoms with E-state index >= 15 is 0 Å². The molecular formula is C53H78N16O15. The molecule has 31 heteroatoms. The number of likely N-dealkylation sites (tertiary alicyclic amines) is 1. The van der Waals surface area contributed by atoms with E-state index in [-0.39, 0.29) is 88.2 Å². The lowest BCUT2D eigenvalue weighted by molar-refractivity contribution is -0.142. The maximum atomic E-state index is 14.5. The zero-order valence-corrected chi connectivity index (χ0v) is 46.6. The van der Waals surface area contributed by atoms with Crippen molar-refractivity contribution in [2.75, 3.05) is 32.8 Å². The molecule has 84 heavy (non-hydrogen) atoms. The van der Waals surface area contributed by atoms with E-state index in [2.05, 4.69) is 52.2 Å². The summed E-state index contributed by atoms with van der Waals surface area (Å²) in [6.07, 6.45) is 0.551. The number of aromatic amines is 1. The minimum atomic E-state index is -2.01. The number of guanidine groups is 2. The van der Waals surface area contributed by atoms with Crippen LogP contribution in [0.5, 0.6) is 5.75 Å². The number of phenols is 1. The van der Waals surface area contributed by atoms with E-state index in [0.29, 0.717) is 34.9 Å². The molecule has 31 nitrogen and oxygen atoms in total. The van der Waals surface area contributed by atoms with Crippen LogP contribution in [0.15, 0.2) is 64.7 Å². The standard InChI is InChI=1S/C53H78N16O15/c1-27(2)20-32(54)50(82)69-19-7-12-41(69)49(81)68-40(26-71)48(80)67-39(25-70)47(79)65-37(22-29-24-61-33-9-4-3-8-31(29)33)45(77)66-38(23-42(73)74)46(78)64-36(21-28-13-15-30(72)16-14-28)44(76)62-34(10-5-17-59-52(55)56)43(75)63-35(51(83)84)11-6-18-60-53(57)58/h3-4,8-9,13-16,24,27,32,34-41,61,70-72H,5-7,10-12,17-23,25-26,54H2,1-2H3,(H,62,76)(H,63,75)(H,64,78)(H,65,79)(H,66,77)(H,67,80)(H,68,81)(H,73,74)(H,83,84)(H4,55,56,59)(H4,57,58,60)/t32-,34-,35-,36-,37-,38-,39-,40-,41-/m0/s1. The van der Waals surface area contributed by atoms with E-state index in [1.165, 1.54) is 35.4 Å². The molecule has 0 saturated carbocycles. The van der Waals surface area contributed by atoms with Crippen LogP contribution in [0.4, 0.5) is 0 Å². The summed E-state index contributed by atoms with van der Waals surface area (Å²) in [4.78, 5) is 148. The number of phenolic OH excluding ortho intramolecular Hbond substituents is 1. The number of aromatic hydroxyl groups is 1. The van der Waals surface area contributed by atoms with E-state index in [0.717, 1.165) is 0 Å². The Kier molecular flexibility index (Phi) is 26.6. The predicted molar refractivity (Wildman–Crippen MR) is 303 cm³/mol. The average molecular weight is 1180 g/mol. The van der Waals surface area contributed by atoms with Crippen LogP contribution in [0.2, 0.25) is 0 Å². The van der Waals surface area contributed by atoms with Crippen molar-refractivity contribution in [3.63, 3.8) is 0 Å². The van der Waals surface area contributed by atoms with Crippen LogP contribution >= 0.6 is 0 Å². The third-order valence-corrected chi connectivity index (χ3v) is 13.4. The van der Waals surface area contributed by atoms with Gasteiger partial charge in [0.05, 0.1) is 25.7 Å². The first-order valence-electron chi connectivity index (χ1n) is 27.1. The molecule has 0 spiro atoms. The van der Waals surface area contributed by atoms with Gasteiger partial charge in [-0.15, -0.1) is 0 Å². The second-order valence-electron chi connectivity index (χ2n) is 20.5. The molecule has 0 bridgehead atoms. The number of fused-ring (bicyclic) bond motifs is 1. The van der Waals surface area contributed by atoms with Gasteiger partial charge in [-0.05, 0) is 80.2 Å². The molecule has 23 N–H and O–H groups in total. The number of hydrogen-bond acceptors (Lipinski definition) is 16. The molecule has 2 heterocycles. The second-order valence-corrected chi connectivity index (χ2v) is 20.5. The number of nitrogens with two attached hydrogens (primary N) is 5. The Morgan fingerprint density at radius 3 is 1.69 bits per heavy atom. The monoisotopic (exact) mass is 1180 g/mol. The van der Waals surface area contributed by atoms with Crippen LogP contribution in [0.1, 0.15) is 76.3 Å². The van der Waals surface area contributed by atoms with Gasteiger partial charge in [0.1, 0.15) is 54.1 Å². The van der Waals surface area contributed by atoms with Gasteiger partial charge < -0.3 is 101 Å². The maximum Gasteiger partial charge on any atom is 0.326 e. The summed E-state index contributed by atoms with van der Waals surface area (Å²) in [5, 5.41) is 68.0. The van der Waals surface area contributed by atoms with Crippen molar-refractivity contribution in [3.8, 4) is 5.75 Å². The number of nitrogens with one attached hydrogen (secondary N) is 8. The first kappa shape index (κ1) is 67.4. The average Bonchev–Trinajstić information content (AvgIpc) is 4.12. The highest BCUT2D eigenvalue weighted by molar-refractivity contribution is 5.99. The first-order chi connectivity index (χ1) is 39.8. The number of aromatic nitrogens is 1. The predicted octanol–water partition coefficient (Wildman–Crippen LogP) is -4.93. The number of aliphatic imine (C=N–C) groups is 2. The van der Waals surface area contributed by atoms with Gasteiger partial charge in [0.15, 0.2) is 11.9 Å². The molecule has 460 valence electrons. The van der Waals surface area contributed by atoms with Gasteiger partial charge in [0, 0.05) is 49.6 Å². The third kappa shape index (κ3) is 21.3. The summed E-state index contributed by atoms with van der Waals surface area (Å²) in [5.74, 6) is -11.7. The van der Waals surface area contributed by atoms with Gasteiger partial charge >= 0.3 is 11.9 Å². The van der Waals surface area contributed by atoms with Crippen molar-refractivity contribution >= 4 is 82.0 Å². The van der Waals surface area contributed by atoms with Crippen molar-refractivity contribution in [1.82, 2.24) is 47.1 Å². The molecule has 1 aliphatic heterocycles. The lowest BCUT2D eigenvalue weighted by Gasteiger charge is -2.29. The summed E-state index contributed by atoms with van der Waals surface area (Å²) < 4.78 is 0. The molecule has 4 rings (SSSR count). The van der Waals surface area contributed by atoms with Crippen molar-refractivity contribution in [2.24, 2.45) is 44.6 Å². The Morgan fingerprint density at radius 2 is 1.13 bits per heavy atom. The molecular weight excluding hydrogens is 1100 g/mol. The topological polar surface area (TPSA) is 530 Å². The molecule has 1 aliphatic rings. The number of aliphatic hydroxyl groups is 2. The van der Waals surface area contributed by atoms with Crippen LogP contribution in [-0.2, 0) is 60.8 Å².